The first-order valence-electron chi connectivity index (χ1n) is 8.38. The van der Waals surface area contributed by atoms with Crippen molar-refractivity contribution in [3.8, 4) is 0 Å². The molecule has 0 spiro atoms. The molecule has 1 aromatic carbocycles. The molecule has 1 fully saturated rings. The van der Waals surface area contributed by atoms with Crippen LogP contribution >= 0.6 is 0 Å². The number of hydrogen-bond acceptors (Lipinski definition) is 4. The number of aryl methyl sites for hydroxylation is 1. The molecule has 122 valence electrons. The van der Waals surface area contributed by atoms with Crippen LogP contribution in [-0.4, -0.2) is 40.5 Å². The molecule has 1 aromatic heterocycles. The van der Waals surface area contributed by atoms with E-state index in [2.05, 4.69) is 50.5 Å². The molecular formula is C18H24N4O. The molecule has 1 aliphatic rings. The number of anilines is 1. The third-order valence-corrected chi connectivity index (χ3v) is 4.42. The monoisotopic (exact) mass is 312 g/mol. The van der Waals surface area contributed by atoms with E-state index in [1.54, 1.807) is 12.4 Å². The second-order valence-corrected chi connectivity index (χ2v) is 6.12. The number of hydrogen-bond donors (Lipinski definition) is 2. The van der Waals surface area contributed by atoms with Crippen molar-refractivity contribution in [2.45, 2.75) is 31.7 Å². The Kier molecular flexibility index (Phi) is 5.42. The quantitative estimate of drug-likeness (QED) is 0.859. The average Bonchev–Trinajstić information content (AvgIpc) is 2.59. The molecule has 3 rings (SSSR count). The van der Waals surface area contributed by atoms with Gasteiger partial charge >= 0.3 is 0 Å². The molecule has 0 atom stereocenters. The lowest BCUT2D eigenvalue weighted by atomic mass is 10.0. The zero-order valence-corrected chi connectivity index (χ0v) is 13.4. The summed E-state index contributed by atoms with van der Waals surface area (Å²) in [5.74, 6) is 0.440. The molecule has 23 heavy (non-hydrogen) atoms. The number of likely N-dealkylation sites (tertiary alicyclic amines) is 1. The zero-order valence-electron chi connectivity index (χ0n) is 13.4. The lowest BCUT2D eigenvalue weighted by Gasteiger charge is -2.32. The summed E-state index contributed by atoms with van der Waals surface area (Å²) in [7, 11) is 0. The van der Waals surface area contributed by atoms with Crippen LogP contribution in [0.2, 0.25) is 0 Å². The van der Waals surface area contributed by atoms with Crippen LogP contribution in [0.25, 0.3) is 0 Å². The molecule has 0 bridgehead atoms. The summed E-state index contributed by atoms with van der Waals surface area (Å²) >= 11 is 0. The average molecular weight is 312 g/mol. The minimum absolute atomic E-state index is 0.141. The Balaban J connectivity index is 1.39. The Morgan fingerprint density at radius 3 is 2.74 bits per heavy atom. The van der Waals surface area contributed by atoms with Crippen molar-refractivity contribution < 1.29 is 0 Å². The molecule has 0 aliphatic carbocycles. The van der Waals surface area contributed by atoms with Gasteiger partial charge in [-0.25, -0.2) is 4.98 Å². The van der Waals surface area contributed by atoms with Crippen molar-refractivity contribution in [1.29, 1.82) is 0 Å². The van der Waals surface area contributed by atoms with Crippen LogP contribution in [0.15, 0.2) is 47.5 Å². The number of nitrogens with zero attached hydrogens (tertiary/aromatic N) is 2. The number of H-pyrrole nitrogens is 1. The minimum atomic E-state index is -0.141. The van der Waals surface area contributed by atoms with E-state index in [0.29, 0.717) is 11.9 Å². The molecule has 0 saturated carbocycles. The van der Waals surface area contributed by atoms with Gasteiger partial charge in [-0.15, -0.1) is 0 Å². The lowest BCUT2D eigenvalue weighted by Crippen LogP contribution is -2.40. The van der Waals surface area contributed by atoms with E-state index < -0.39 is 0 Å². The molecule has 0 amide bonds. The topological polar surface area (TPSA) is 61.0 Å². The van der Waals surface area contributed by atoms with Crippen molar-refractivity contribution in [1.82, 2.24) is 14.9 Å². The minimum Gasteiger partial charge on any atom is -0.363 e. The van der Waals surface area contributed by atoms with Crippen LogP contribution in [-0.2, 0) is 6.42 Å². The van der Waals surface area contributed by atoms with E-state index in [-0.39, 0.29) is 5.56 Å². The largest absolute Gasteiger partial charge is 0.363 e. The van der Waals surface area contributed by atoms with Gasteiger partial charge in [0.1, 0.15) is 0 Å². The third kappa shape index (κ3) is 4.66. The van der Waals surface area contributed by atoms with Gasteiger partial charge in [-0.05, 0) is 37.8 Å². The van der Waals surface area contributed by atoms with Crippen LogP contribution < -0.4 is 10.9 Å². The predicted molar refractivity (Wildman–Crippen MR) is 92.7 cm³/mol. The van der Waals surface area contributed by atoms with E-state index in [0.717, 1.165) is 38.9 Å². The molecule has 2 N–H and O–H groups in total. The lowest BCUT2D eigenvalue weighted by molar-refractivity contribution is 0.217. The number of benzene rings is 1. The second-order valence-electron chi connectivity index (χ2n) is 6.12. The first-order valence-corrected chi connectivity index (χ1v) is 8.38. The zero-order chi connectivity index (χ0) is 15.9. The molecule has 2 aromatic rings. The number of rotatable bonds is 6. The van der Waals surface area contributed by atoms with Crippen molar-refractivity contribution in [2.24, 2.45) is 0 Å². The second kappa shape index (κ2) is 7.92. The first kappa shape index (κ1) is 15.7. The van der Waals surface area contributed by atoms with E-state index in [1.165, 1.54) is 12.0 Å². The van der Waals surface area contributed by atoms with Gasteiger partial charge in [-0.2, -0.15) is 0 Å². The Morgan fingerprint density at radius 1 is 1.22 bits per heavy atom. The van der Waals surface area contributed by atoms with Crippen LogP contribution in [0.4, 0.5) is 5.82 Å². The standard InChI is InChI=1S/C18H24N4O/c23-18-17(19-10-11-20-18)21-16-8-13-22(14-9-16)12-4-7-15-5-2-1-3-6-15/h1-3,5-6,10-11,16H,4,7-9,12-14H2,(H,19,21)(H,20,23). The highest BCUT2D eigenvalue weighted by Crippen LogP contribution is 2.14. The van der Waals surface area contributed by atoms with E-state index in [9.17, 15) is 4.79 Å². The Labute approximate surface area is 136 Å². The predicted octanol–water partition coefficient (Wildman–Crippen LogP) is 2.28. The highest BCUT2D eigenvalue weighted by atomic mass is 16.1. The van der Waals surface area contributed by atoms with Gasteiger partial charge in [0.15, 0.2) is 5.82 Å². The number of aromatic nitrogens is 2. The molecule has 0 radical (unpaired) electrons. The highest BCUT2D eigenvalue weighted by Gasteiger charge is 2.19. The van der Waals surface area contributed by atoms with Gasteiger partial charge in [-0.3, -0.25) is 4.79 Å². The fraction of sp³-hybridized carbons (Fsp3) is 0.444. The summed E-state index contributed by atoms with van der Waals surface area (Å²) in [6.45, 7) is 3.31. The molecule has 2 heterocycles. The molecule has 5 nitrogen and oxygen atoms in total. The van der Waals surface area contributed by atoms with Crippen molar-refractivity contribution in [3.05, 3.63) is 58.6 Å². The fourth-order valence-corrected chi connectivity index (χ4v) is 3.10. The number of nitrogens with one attached hydrogen (secondary N) is 2. The summed E-state index contributed by atoms with van der Waals surface area (Å²) < 4.78 is 0. The summed E-state index contributed by atoms with van der Waals surface area (Å²) in [4.78, 5) is 20.9. The first-order chi connectivity index (χ1) is 11.3. The number of piperidine rings is 1. The van der Waals surface area contributed by atoms with Crippen LogP contribution in [0.1, 0.15) is 24.8 Å². The summed E-state index contributed by atoms with van der Waals surface area (Å²) in [6, 6.07) is 11.0. The maximum absolute atomic E-state index is 11.6. The van der Waals surface area contributed by atoms with Gasteiger partial charge in [0.25, 0.3) is 5.56 Å². The van der Waals surface area contributed by atoms with E-state index in [1.807, 2.05) is 0 Å². The van der Waals surface area contributed by atoms with Crippen LogP contribution in [0.5, 0.6) is 0 Å². The number of aromatic amines is 1. The van der Waals surface area contributed by atoms with Gasteiger partial charge in [-0.1, -0.05) is 30.3 Å². The van der Waals surface area contributed by atoms with Crippen LogP contribution in [0, 0.1) is 0 Å². The highest BCUT2D eigenvalue weighted by molar-refractivity contribution is 5.31. The summed E-state index contributed by atoms with van der Waals surface area (Å²) in [5.41, 5.74) is 1.27. The smallest absolute Gasteiger partial charge is 0.290 e. The van der Waals surface area contributed by atoms with E-state index in [4.69, 9.17) is 0 Å². The van der Waals surface area contributed by atoms with E-state index >= 15 is 0 Å². The molecule has 5 heteroatoms. The van der Waals surface area contributed by atoms with Crippen LogP contribution in [0.3, 0.4) is 0 Å². The normalized spacial score (nSPS) is 16.3. The fourth-order valence-electron chi connectivity index (χ4n) is 3.10. The van der Waals surface area contributed by atoms with Gasteiger partial charge in [0, 0.05) is 31.5 Å². The van der Waals surface area contributed by atoms with Gasteiger partial charge in [0.2, 0.25) is 0 Å². The Hall–Kier alpha value is -2.14. The van der Waals surface area contributed by atoms with Gasteiger partial charge in [0.05, 0.1) is 0 Å². The van der Waals surface area contributed by atoms with Gasteiger partial charge < -0.3 is 15.2 Å². The molecule has 1 aliphatic heterocycles. The van der Waals surface area contributed by atoms with Crippen molar-refractivity contribution >= 4 is 5.82 Å². The molecular weight excluding hydrogens is 288 g/mol. The van der Waals surface area contributed by atoms with Crippen molar-refractivity contribution in [3.63, 3.8) is 0 Å². The maximum atomic E-state index is 11.6. The molecule has 1 saturated heterocycles. The Bertz CT molecular complexity index is 647. The maximum Gasteiger partial charge on any atom is 0.290 e. The molecule has 0 unspecified atom stereocenters. The third-order valence-electron chi connectivity index (χ3n) is 4.42. The SMILES string of the molecule is O=c1[nH]ccnc1NC1CCN(CCCc2ccccc2)CC1. The van der Waals surface area contributed by atoms with Crippen molar-refractivity contribution in [2.75, 3.05) is 25.0 Å². The Morgan fingerprint density at radius 2 is 2.00 bits per heavy atom. The summed E-state index contributed by atoms with van der Waals surface area (Å²) in [6.07, 6.45) is 7.62. The summed E-state index contributed by atoms with van der Waals surface area (Å²) in [5, 5.41) is 3.27.